The largest absolute Gasteiger partial charge is 0.454 e. The summed E-state index contributed by atoms with van der Waals surface area (Å²) in [5.74, 6) is 1.06. The quantitative estimate of drug-likeness (QED) is 0.576. The molecule has 26 heavy (non-hydrogen) atoms. The van der Waals surface area contributed by atoms with E-state index in [1.165, 1.54) is 18.7 Å². The molecule has 2 heterocycles. The van der Waals surface area contributed by atoms with Gasteiger partial charge in [-0.05, 0) is 29.3 Å². The van der Waals surface area contributed by atoms with Gasteiger partial charge in [0.1, 0.15) is 0 Å². The molecule has 2 aromatic rings. The Labute approximate surface area is 154 Å². The maximum Gasteiger partial charge on any atom is 0.234 e. The van der Waals surface area contributed by atoms with Crippen LogP contribution in [0.4, 0.5) is 5.69 Å². The minimum Gasteiger partial charge on any atom is -0.454 e. The second-order valence-corrected chi connectivity index (χ2v) is 7.12. The van der Waals surface area contributed by atoms with Crippen LogP contribution in [0.2, 0.25) is 0 Å². The van der Waals surface area contributed by atoms with Gasteiger partial charge in [0, 0.05) is 18.2 Å². The van der Waals surface area contributed by atoms with Gasteiger partial charge in [-0.3, -0.25) is 9.59 Å². The van der Waals surface area contributed by atoms with Gasteiger partial charge in [-0.25, -0.2) is 4.68 Å². The van der Waals surface area contributed by atoms with Crippen molar-refractivity contribution in [2.24, 2.45) is 5.92 Å². The van der Waals surface area contributed by atoms with Gasteiger partial charge in [-0.15, -0.1) is 5.10 Å². The van der Waals surface area contributed by atoms with Crippen molar-refractivity contribution in [1.29, 1.82) is 0 Å². The number of anilines is 1. The Hall–Kier alpha value is -2.62. The number of thioether (sulfide) groups is 1. The maximum absolute atomic E-state index is 12.3. The molecule has 0 unspecified atom stereocenters. The lowest BCUT2D eigenvalue weighted by atomic mass is 10.1. The van der Waals surface area contributed by atoms with Crippen LogP contribution in [0.25, 0.3) is 0 Å². The first-order chi connectivity index (χ1) is 12.4. The molecule has 0 saturated carbocycles. The molecule has 0 saturated heterocycles. The zero-order valence-corrected chi connectivity index (χ0v) is 15.5. The number of tetrazole rings is 1. The number of aromatic nitrogens is 4. The van der Waals surface area contributed by atoms with Crippen molar-refractivity contribution >= 4 is 29.1 Å². The average molecular weight is 377 g/mol. The third kappa shape index (κ3) is 4.13. The van der Waals surface area contributed by atoms with Crippen LogP contribution in [0.5, 0.6) is 11.5 Å². The number of rotatable bonds is 7. The second-order valence-electron chi connectivity index (χ2n) is 6.18. The van der Waals surface area contributed by atoms with Crippen LogP contribution in [0.3, 0.4) is 0 Å². The highest BCUT2D eigenvalue weighted by Crippen LogP contribution is 2.37. The zero-order valence-electron chi connectivity index (χ0n) is 14.7. The topological polar surface area (TPSA) is 108 Å². The van der Waals surface area contributed by atoms with E-state index in [1.807, 2.05) is 0 Å². The molecule has 1 aromatic heterocycles. The lowest BCUT2D eigenvalue weighted by Crippen LogP contribution is -2.17. The molecule has 0 atom stereocenters. The smallest absolute Gasteiger partial charge is 0.234 e. The van der Waals surface area contributed by atoms with Crippen molar-refractivity contribution in [3.63, 3.8) is 0 Å². The number of hydrogen-bond acceptors (Lipinski definition) is 8. The first kappa shape index (κ1) is 18.2. The van der Waals surface area contributed by atoms with Gasteiger partial charge in [0.25, 0.3) is 0 Å². The fourth-order valence-electron chi connectivity index (χ4n) is 2.41. The number of benzene rings is 1. The Morgan fingerprint density at radius 3 is 2.73 bits per heavy atom. The van der Waals surface area contributed by atoms with Gasteiger partial charge >= 0.3 is 0 Å². The van der Waals surface area contributed by atoms with E-state index >= 15 is 0 Å². The summed E-state index contributed by atoms with van der Waals surface area (Å²) >= 11 is 1.24. The Balaban J connectivity index is 1.67. The van der Waals surface area contributed by atoms with E-state index in [0.29, 0.717) is 40.4 Å². The molecule has 0 aliphatic carbocycles. The molecule has 1 aliphatic rings. The highest BCUT2D eigenvalue weighted by Gasteiger charge is 2.20. The number of nitrogens with zero attached hydrogens (tertiary/aromatic N) is 4. The first-order valence-electron chi connectivity index (χ1n) is 8.07. The number of ketones is 1. The summed E-state index contributed by atoms with van der Waals surface area (Å²) in [5, 5.41) is 14.8. The van der Waals surface area contributed by atoms with Crippen LogP contribution in [-0.2, 0) is 11.3 Å². The number of ether oxygens (including phenoxy) is 2. The Kier molecular flexibility index (Phi) is 5.40. The summed E-state index contributed by atoms with van der Waals surface area (Å²) < 4.78 is 12.3. The Bertz CT molecular complexity index is 836. The highest BCUT2D eigenvalue weighted by molar-refractivity contribution is 7.99. The SMILES string of the molecule is CC(=O)c1cc2c(cc1NC(=O)CSc1nnnn1CC(C)C)OCO2. The third-order valence-corrected chi connectivity index (χ3v) is 4.49. The molecule has 0 spiro atoms. The van der Waals surface area contributed by atoms with Crippen LogP contribution in [0, 0.1) is 5.92 Å². The van der Waals surface area contributed by atoms with Crippen LogP contribution in [-0.4, -0.2) is 44.4 Å². The number of fused-ring (bicyclic) bond motifs is 1. The van der Waals surface area contributed by atoms with E-state index in [9.17, 15) is 9.59 Å². The van der Waals surface area contributed by atoms with E-state index in [0.717, 1.165) is 0 Å². The van der Waals surface area contributed by atoms with Crippen molar-refractivity contribution in [2.75, 3.05) is 17.9 Å². The standard InChI is InChI=1S/C16H19N5O4S/c1-9(2)6-21-16(18-19-20-21)26-7-15(23)17-12-5-14-13(24-8-25-14)4-11(12)10(3)22/h4-5,9H,6-8H2,1-3H3,(H,17,23). The summed E-state index contributed by atoms with van der Waals surface area (Å²) in [6.07, 6.45) is 0. The van der Waals surface area contributed by atoms with Crippen LogP contribution < -0.4 is 14.8 Å². The maximum atomic E-state index is 12.3. The fraction of sp³-hybridized carbons (Fsp3) is 0.438. The van der Waals surface area contributed by atoms with Crippen molar-refractivity contribution < 1.29 is 19.1 Å². The van der Waals surface area contributed by atoms with Crippen molar-refractivity contribution in [3.05, 3.63) is 17.7 Å². The minimum absolute atomic E-state index is 0.0957. The Morgan fingerprint density at radius 2 is 2.04 bits per heavy atom. The normalized spacial score (nSPS) is 12.5. The second kappa shape index (κ2) is 7.73. The molecule has 138 valence electrons. The Morgan fingerprint density at radius 1 is 1.31 bits per heavy atom. The van der Waals surface area contributed by atoms with Crippen LogP contribution in [0.1, 0.15) is 31.1 Å². The number of Topliss-reactive ketones (excluding diaryl/α,β-unsaturated/α-hetero) is 1. The number of nitrogens with one attached hydrogen (secondary N) is 1. The van der Waals surface area contributed by atoms with E-state index in [-0.39, 0.29) is 24.2 Å². The predicted octanol–water partition coefficient (Wildman–Crippen LogP) is 1.99. The van der Waals surface area contributed by atoms with Gasteiger partial charge in [-0.1, -0.05) is 25.6 Å². The van der Waals surface area contributed by atoms with E-state index < -0.39 is 0 Å². The molecule has 1 N–H and O–H groups in total. The molecule has 3 rings (SSSR count). The van der Waals surface area contributed by atoms with Gasteiger partial charge in [0.15, 0.2) is 17.3 Å². The predicted molar refractivity (Wildman–Crippen MR) is 94.6 cm³/mol. The van der Waals surface area contributed by atoms with Crippen molar-refractivity contribution in [2.45, 2.75) is 32.5 Å². The summed E-state index contributed by atoms with van der Waals surface area (Å²) in [6, 6.07) is 3.18. The lowest BCUT2D eigenvalue weighted by molar-refractivity contribution is -0.113. The summed E-state index contributed by atoms with van der Waals surface area (Å²) in [6.45, 7) is 6.32. The van der Waals surface area contributed by atoms with Crippen LogP contribution in [0.15, 0.2) is 17.3 Å². The van der Waals surface area contributed by atoms with Crippen LogP contribution >= 0.6 is 11.8 Å². The number of carbonyl (C=O) groups excluding carboxylic acids is 2. The summed E-state index contributed by atoms with van der Waals surface area (Å²) in [4.78, 5) is 24.2. The van der Waals surface area contributed by atoms with Gasteiger partial charge in [0.2, 0.25) is 17.9 Å². The van der Waals surface area contributed by atoms with Crippen molar-refractivity contribution in [3.8, 4) is 11.5 Å². The van der Waals surface area contributed by atoms with Gasteiger partial charge in [0.05, 0.1) is 11.4 Å². The molecule has 0 bridgehead atoms. The average Bonchev–Trinajstić information content (AvgIpc) is 3.20. The molecule has 0 fully saturated rings. The number of amides is 1. The number of hydrogen-bond donors (Lipinski definition) is 1. The highest BCUT2D eigenvalue weighted by atomic mass is 32.2. The molecule has 1 aliphatic heterocycles. The number of carbonyl (C=O) groups is 2. The monoisotopic (exact) mass is 377 g/mol. The van der Waals surface area contributed by atoms with Gasteiger partial charge < -0.3 is 14.8 Å². The third-order valence-electron chi connectivity index (χ3n) is 3.54. The van der Waals surface area contributed by atoms with Crippen molar-refractivity contribution in [1.82, 2.24) is 20.2 Å². The van der Waals surface area contributed by atoms with E-state index in [1.54, 1.807) is 16.8 Å². The molecule has 0 radical (unpaired) electrons. The summed E-state index contributed by atoms with van der Waals surface area (Å²) in [7, 11) is 0. The lowest BCUT2D eigenvalue weighted by Gasteiger charge is -2.11. The molecular weight excluding hydrogens is 358 g/mol. The summed E-state index contributed by atoms with van der Waals surface area (Å²) in [5.41, 5.74) is 0.770. The van der Waals surface area contributed by atoms with E-state index in [4.69, 9.17) is 9.47 Å². The first-order valence-corrected chi connectivity index (χ1v) is 9.06. The molecule has 1 amide bonds. The van der Waals surface area contributed by atoms with E-state index in [2.05, 4.69) is 34.7 Å². The molecule has 10 heteroatoms. The minimum atomic E-state index is -0.268. The molecule has 9 nitrogen and oxygen atoms in total. The molecule has 1 aromatic carbocycles. The van der Waals surface area contributed by atoms with Gasteiger partial charge in [-0.2, -0.15) is 0 Å². The zero-order chi connectivity index (χ0) is 18.7. The molecular formula is C16H19N5O4S. The fourth-order valence-corrected chi connectivity index (χ4v) is 3.10.